The number of rotatable bonds is 3. The van der Waals surface area contributed by atoms with Gasteiger partial charge in [-0.2, -0.15) is 0 Å². The van der Waals surface area contributed by atoms with Crippen molar-refractivity contribution in [2.24, 2.45) is 5.92 Å². The molecule has 1 aliphatic carbocycles. The molecular formula is C18H16BrClN2S2. The minimum Gasteiger partial charge on any atom is -0.221 e. The van der Waals surface area contributed by atoms with Crippen LogP contribution in [0.5, 0.6) is 0 Å². The Hall–Kier alpha value is -0.620. The number of aryl methyl sites for hydroxylation is 1. The summed E-state index contributed by atoms with van der Waals surface area (Å²) in [6, 6.07) is 8.29. The van der Waals surface area contributed by atoms with Gasteiger partial charge >= 0.3 is 0 Å². The van der Waals surface area contributed by atoms with E-state index < -0.39 is 0 Å². The minimum atomic E-state index is 0.624. The highest BCUT2D eigenvalue weighted by molar-refractivity contribution is 9.10. The number of thioether (sulfide) groups is 1. The maximum atomic E-state index is 6.52. The van der Waals surface area contributed by atoms with E-state index in [0.717, 1.165) is 45.0 Å². The van der Waals surface area contributed by atoms with Crippen molar-refractivity contribution < 1.29 is 0 Å². The second-order valence-electron chi connectivity index (χ2n) is 6.21. The van der Waals surface area contributed by atoms with Crippen molar-refractivity contribution in [1.29, 1.82) is 0 Å². The molecule has 0 saturated heterocycles. The van der Waals surface area contributed by atoms with Crippen LogP contribution < -0.4 is 0 Å². The number of benzene rings is 1. The first-order valence-electron chi connectivity index (χ1n) is 7.95. The van der Waals surface area contributed by atoms with Crippen LogP contribution in [0.25, 0.3) is 10.2 Å². The zero-order valence-corrected chi connectivity index (χ0v) is 17.2. The Morgan fingerprint density at radius 3 is 2.88 bits per heavy atom. The third-order valence-corrected chi connectivity index (χ3v) is 7.30. The quantitative estimate of drug-likeness (QED) is 0.343. The van der Waals surface area contributed by atoms with Gasteiger partial charge in [-0.25, -0.2) is 9.97 Å². The molecular weight excluding hydrogens is 424 g/mol. The molecule has 24 heavy (non-hydrogen) atoms. The molecule has 0 N–H and O–H groups in total. The molecule has 1 aromatic carbocycles. The van der Waals surface area contributed by atoms with Gasteiger partial charge in [0.2, 0.25) is 0 Å². The fraction of sp³-hybridized carbons (Fsp3) is 0.333. The van der Waals surface area contributed by atoms with E-state index in [1.165, 1.54) is 21.8 Å². The largest absolute Gasteiger partial charge is 0.221 e. The number of hydrogen-bond acceptors (Lipinski definition) is 4. The molecule has 124 valence electrons. The summed E-state index contributed by atoms with van der Waals surface area (Å²) in [4.78, 5) is 13.1. The van der Waals surface area contributed by atoms with Crippen molar-refractivity contribution in [2.75, 3.05) is 0 Å². The summed E-state index contributed by atoms with van der Waals surface area (Å²) in [5, 5.41) is 1.72. The van der Waals surface area contributed by atoms with Crippen molar-refractivity contribution in [3.05, 3.63) is 50.2 Å². The van der Waals surface area contributed by atoms with Crippen LogP contribution in [0.1, 0.15) is 29.6 Å². The summed E-state index contributed by atoms with van der Waals surface area (Å²) in [6.07, 6.45) is 3.48. The lowest BCUT2D eigenvalue weighted by Gasteiger charge is -2.17. The molecule has 0 amide bonds. The number of halogens is 2. The van der Waals surface area contributed by atoms with E-state index in [9.17, 15) is 0 Å². The maximum Gasteiger partial charge on any atom is 0.142 e. The first kappa shape index (κ1) is 16.8. The summed E-state index contributed by atoms with van der Waals surface area (Å²) in [7, 11) is 0. The van der Waals surface area contributed by atoms with E-state index >= 15 is 0 Å². The van der Waals surface area contributed by atoms with Crippen LogP contribution >= 0.6 is 50.6 Å². The van der Waals surface area contributed by atoms with Gasteiger partial charge in [-0.3, -0.25) is 0 Å². The third kappa shape index (κ3) is 3.36. The molecule has 2 nitrogen and oxygen atoms in total. The van der Waals surface area contributed by atoms with Gasteiger partial charge in [-0.05, 0) is 55.0 Å². The van der Waals surface area contributed by atoms with Crippen LogP contribution in [-0.4, -0.2) is 9.97 Å². The lowest BCUT2D eigenvalue weighted by molar-refractivity contribution is 0.509. The van der Waals surface area contributed by atoms with Gasteiger partial charge in [0.1, 0.15) is 15.8 Å². The second kappa shape index (κ2) is 6.94. The van der Waals surface area contributed by atoms with Gasteiger partial charge < -0.3 is 0 Å². The number of fused-ring (bicyclic) bond motifs is 3. The van der Waals surface area contributed by atoms with E-state index in [1.807, 2.05) is 12.1 Å². The van der Waals surface area contributed by atoms with Crippen molar-refractivity contribution in [3.63, 3.8) is 0 Å². The molecule has 2 heterocycles. The number of nitrogens with zero attached hydrogens (tertiary/aromatic N) is 2. The monoisotopic (exact) mass is 438 g/mol. The van der Waals surface area contributed by atoms with E-state index in [1.54, 1.807) is 23.1 Å². The molecule has 6 heteroatoms. The first-order chi connectivity index (χ1) is 11.6. The van der Waals surface area contributed by atoms with Gasteiger partial charge in [0.15, 0.2) is 0 Å². The first-order valence-corrected chi connectivity index (χ1v) is 10.9. The predicted octanol–water partition coefficient (Wildman–Crippen LogP) is 6.52. The molecule has 3 aromatic rings. The molecule has 0 bridgehead atoms. The highest BCUT2D eigenvalue weighted by Crippen LogP contribution is 2.40. The zero-order chi connectivity index (χ0) is 16.7. The Morgan fingerprint density at radius 1 is 1.29 bits per heavy atom. The third-order valence-electron chi connectivity index (χ3n) is 4.34. The van der Waals surface area contributed by atoms with Crippen LogP contribution in [-0.2, 0) is 18.6 Å². The van der Waals surface area contributed by atoms with Crippen molar-refractivity contribution in [1.82, 2.24) is 9.97 Å². The van der Waals surface area contributed by atoms with Crippen LogP contribution in [0.4, 0.5) is 0 Å². The highest BCUT2D eigenvalue weighted by Gasteiger charge is 2.23. The molecule has 2 aromatic heterocycles. The normalized spacial score (nSPS) is 17.2. The highest BCUT2D eigenvalue weighted by atomic mass is 79.9. The van der Waals surface area contributed by atoms with Crippen LogP contribution in [0, 0.1) is 5.92 Å². The van der Waals surface area contributed by atoms with E-state index in [-0.39, 0.29) is 0 Å². The molecule has 4 rings (SSSR count). The molecule has 0 unspecified atom stereocenters. The Balaban J connectivity index is 1.62. The molecule has 1 atom stereocenters. The summed E-state index contributed by atoms with van der Waals surface area (Å²) in [5.41, 5.74) is 1.39. The lowest BCUT2D eigenvalue weighted by Crippen LogP contribution is -2.08. The predicted molar refractivity (Wildman–Crippen MR) is 107 cm³/mol. The molecule has 0 saturated carbocycles. The second-order valence-corrected chi connectivity index (χ2v) is 9.61. The Bertz CT molecular complexity index is 892. The van der Waals surface area contributed by atoms with Crippen molar-refractivity contribution in [3.8, 4) is 0 Å². The topological polar surface area (TPSA) is 25.8 Å². The summed E-state index contributed by atoms with van der Waals surface area (Å²) in [6.45, 7) is 2.32. The van der Waals surface area contributed by atoms with Gasteiger partial charge in [0.05, 0.1) is 11.1 Å². The average molecular weight is 440 g/mol. The SMILES string of the molecule is C[C@@H]1CCc2c(sc3nc(CSc4ccc(Br)cc4)nc(Cl)c23)C1. The standard InChI is InChI=1S/C18H16BrClN2S2/c1-10-2-7-13-14(8-10)24-18-16(13)17(20)21-15(22-18)9-23-12-5-3-11(19)4-6-12/h3-6,10H,2,7-9H2,1H3/t10-/m1/s1. The maximum absolute atomic E-state index is 6.52. The van der Waals surface area contributed by atoms with E-state index in [2.05, 4.69) is 40.0 Å². The lowest BCUT2D eigenvalue weighted by atomic mass is 9.89. The Morgan fingerprint density at radius 2 is 2.08 bits per heavy atom. The van der Waals surface area contributed by atoms with Gasteiger partial charge in [-0.15, -0.1) is 23.1 Å². The number of hydrogen-bond donors (Lipinski definition) is 0. The minimum absolute atomic E-state index is 0.624. The summed E-state index contributed by atoms with van der Waals surface area (Å²) in [5.74, 6) is 2.30. The Kier molecular flexibility index (Phi) is 4.87. The van der Waals surface area contributed by atoms with Crippen molar-refractivity contribution in [2.45, 2.75) is 36.8 Å². The van der Waals surface area contributed by atoms with Crippen molar-refractivity contribution >= 4 is 60.8 Å². The van der Waals surface area contributed by atoms with Crippen LogP contribution in [0.2, 0.25) is 5.15 Å². The summed E-state index contributed by atoms with van der Waals surface area (Å²) < 4.78 is 1.09. The summed E-state index contributed by atoms with van der Waals surface area (Å²) >= 11 is 13.5. The van der Waals surface area contributed by atoms with E-state index in [4.69, 9.17) is 16.6 Å². The fourth-order valence-corrected chi connectivity index (χ4v) is 5.86. The van der Waals surface area contributed by atoms with Crippen LogP contribution in [0.15, 0.2) is 33.6 Å². The van der Waals surface area contributed by atoms with Crippen LogP contribution in [0.3, 0.4) is 0 Å². The number of aromatic nitrogens is 2. The van der Waals surface area contributed by atoms with E-state index in [0.29, 0.717) is 5.15 Å². The fourth-order valence-electron chi connectivity index (χ4n) is 3.08. The van der Waals surface area contributed by atoms with Gasteiger partial charge in [0, 0.05) is 14.2 Å². The molecule has 0 spiro atoms. The smallest absolute Gasteiger partial charge is 0.142 e. The Labute approximate surface area is 163 Å². The zero-order valence-electron chi connectivity index (χ0n) is 13.2. The van der Waals surface area contributed by atoms with Gasteiger partial charge in [-0.1, -0.05) is 34.5 Å². The molecule has 0 radical (unpaired) electrons. The van der Waals surface area contributed by atoms with Gasteiger partial charge in [0.25, 0.3) is 0 Å². The molecule has 0 aliphatic heterocycles. The molecule has 1 aliphatic rings. The molecule has 0 fully saturated rings. The average Bonchev–Trinajstić information content (AvgIpc) is 2.92. The number of thiophene rings is 1.